The molecule has 1 aromatic heterocycles. The van der Waals surface area contributed by atoms with Gasteiger partial charge in [-0.3, -0.25) is 4.98 Å². The average molecular weight is 399 g/mol. The van der Waals surface area contributed by atoms with Gasteiger partial charge in [0, 0.05) is 11.6 Å². The van der Waals surface area contributed by atoms with E-state index in [0.717, 1.165) is 28.6 Å². The summed E-state index contributed by atoms with van der Waals surface area (Å²) in [4.78, 5) is 7.07. The molecule has 0 amide bonds. The van der Waals surface area contributed by atoms with Crippen LogP contribution in [0.4, 0.5) is 0 Å². The summed E-state index contributed by atoms with van der Waals surface area (Å²) in [6.45, 7) is 5.91. The highest BCUT2D eigenvalue weighted by molar-refractivity contribution is 5.83. The number of likely N-dealkylation sites (tertiary alicyclic amines) is 1. The van der Waals surface area contributed by atoms with Crippen molar-refractivity contribution in [1.29, 1.82) is 0 Å². The first kappa shape index (κ1) is 22.0. The Hall–Kier alpha value is -1.65. The molecule has 0 aliphatic carbocycles. The van der Waals surface area contributed by atoms with Crippen molar-refractivity contribution < 1.29 is 9.84 Å². The second-order valence-electron chi connectivity index (χ2n) is 8.65. The average Bonchev–Trinajstić information content (AvgIpc) is 2.74. The molecule has 2 aromatic rings. The first-order valence-electron chi connectivity index (χ1n) is 11.5. The quantitative estimate of drug-likeness (QED) is 0.527. The van der Waals surface area contributed by atoms with E-state index in [1.54, 1.807) is 7.11 Å². The Morgan fingerprint density at radius 2 is 1.93 bits per heavy atom. The normalized spacial score (nSPS) is 16.9. The molecule has 1 N–H and O–H groups in total. The van der Waals surface area contributed by atoms with Crippen LogP contribution in [0.1, 0.15) is 63.9 Å². The third kappa shape index (κ3) is 6.68. The molecular weight excluding hydrogens is 360 g/mol. The molecule has 1 aliphatic heterocycles. The van der Waals surface area contributed by atoms with E-state index < -0.39 is 0 Å². The predicted octanol–water partition coefficient (Wildman–Crippen LogP) is 5.22. The number of fused-ring (bicyclic) bond motifs is 1. The highest BCUT2D eigenvalue weighted by Crippen LogP contribution is 2.27. The molecule has 160 valence electrons. The van der Waals surface area contributed by atoms with Crippen molar-refractivity contribution in [2.45, 2.75) is 70.8 Å². The van der Waals surface area contributed by atoms with E-state index in [9.17, 15) is 5.11 Å². The van der Waals surface area contributed by atoms with E-state index in [1.165, 1.54) is 64.6 Å². The number of hydrogen-bond acceptors (Lipinski definition) is 4. The van der Waals surface area contributed by atoms with Crippen LogP contribution >= 0.6 is 0 Å². The standard InChI is InChI=1S/C25H38N2O2/c1-3-4-5-6-7-14-27-15-11-20(12-16-27)17-22(28)18-21-10-13-26-25-9-8-23(29-2)19-24(21)25/h8-10,13,19-20,22,28H,3-7,11-12,14-18H2,1-2H3. The van der Waals surface area contributed by atoms with Gasteiger partial charge < -0.3 is 14.7 Å². The maximum absolute atomic E-state index is 10.8. The van der Waals surface area contributed by atoms with Gasteiger partial charge in [-0.05, 0) is 87.5 Å². The largest absolute Gasteiger partial charge is 0.497 e. The van der Waals surface area contributed by atoms with Gasteiger partial charge in [-0.2, -0.15) is 0 Å². The SMILES string of the molecule is CCCCCCCN1CCC(CC(O)Cc2ccnc3ccc(OC)cc23)CC1. The summed E-state index contributed by atoms with van der Waals surface area (Å²) in [7, 11) is 1.68. The lowest BCUT2D eigenvalue weighted by Crippen LogP contribution is -2.35. The predicted molar refractivity (Wildman–Crippen MR) is 121 cm³/mol. The molecule has 0 saturated carbocycles. The molecule has 29 heavy (non-hydrogen) atoms. The number of piperidine rings is 1. The van der Waals surface area contributed by atoms with Gasteiger partial charge in [-0.25, -0.2) is 0 Å². The summed E-state index contributed by atoms with van der Waals surface area (Å²) >= 11 is 0. The van der Waals surface area contributed by atoms with Gasteiger partial charge in [0.25, 0.3) is 0 Å². The van der Waals surface area contributed by atoms with E-state index in [1.807, 2.05) is 30.5 Å². The number of aromatic nitrogens is 1. The number of unbranched alkanes of at least 4 members (excludes halogenated alkanes) is 4. The molecule has 1 aromatic carbocycles. The zero-order valence-corrected chi connectivity index (χ0v) is 18.3. The van der Waals surface area contributed by atoms with E-state index in [0.29, 0.717) is 12.3 Å². The monoisotopic (exact) mass is 398 g/mol. The molecule has 0 spiro atoms. The molecule has 1 atom stereocenters. The van der Waals surface area contributed by atoms with Crippen molar-refractivity contribution in [2.24, 2.45) is 5.92 Å². The minimum Gasteiger partial charge on any atom is -0.497 e. The summed E-state index contributed by atoms with van der Waals surface area (Å²) < 4.78 is 5.37. The number of hydrogen-bond donors (Lipinski definition) is 1. The van der Waals surface area contributed by atoms with Crippen LogP contribution in [0.25, 0.3) is 10.9 Å². The van der Waals surface area contributed by atoms with Gasteiger partial charge in [0.1, 0.15) is 5.75 Å². The number of aliphatic hydroxyl groups is 1. The molecule has 3 rings (SSSR count). The van der Waals surface area contributed by atoms with Crippen LogP contribution in [0.5, 0.6) is 5.75 Å². The molecule has 0 bridgehead atoms. The Balaban J connectivity index is 1.45. The van der Waals surface area contributed by atoms with Crippen molar-refractivity contribution in [1.82, 2.24) is 9.88 Å². The summed E-state index contributed by atoms with van der Waals surface area (Å²) in [5.74, 6) is 1.48. The second-order valence-corrected chi connectivity index (χ2v) is 8.65. The van der Waals surface area contributed by atoms with Crippen LogP contribution in [0.15, 0.2) is 30.5 Å². The highest BCUT2D eigenvalue weighted by atomic mass is 16.5. The third-order valence-corrected chi connectivity index (χ3v) is 6.39. The molecule has 1 unspecified atom stereocenters. The zero-order chi connectivity index (χ0) is 20.5. The van der Waals surface area contributed by atoms with Gasteiger partial charge in [-0.15, -0.1) is 0 Å². The maximum Gasteiger partial charge on any atom is 0.119 e. The Kier molecular flexibility index (Phi) is 8.75. The van der Waals surface area contributed by atoms with Crippen LogP contribution in [0, 0.1) is 5.92 Å². The van der Waals surface area contributed by atoms with Gasteiger partial charge in [-0.1, -0.05) is 32.6 Å². The summed E-state index contributed by atoms with van der Waals surface area (Å²) in [6, 6.07) is 7.99. The van der Waals surface area contributed by atoms with Crippen molar-refractivity contribution >= 4 is 10.9 Å². The molecule has 4 heteroatoms. The number of methoxy groups -OCH3 is 1. The van der Waals surface area contributed by atoms with Crippen LogP contribution < -0.4 is 4.74 Å². The summed E-state index contributed by atoms with van der Waals surface area (Å²) in [6.07, 6.45) is 12.4. The molecule has 2 heterocycles. The van der Waals surface area contributed by atoms with Crippen molar-refractivity contribution in [3.05, 3.63) is 36.0 Å². The topological polar surface area (TPSA) is 45.6 Å². The second kappa shape index (κ2) is 11.5. The Labute approximate surface area is 176 Å². The Morgan fingerprint density at radius 3 is 2.69 bits per heavy atom. The van der Waals surface area contributed by atoms with Crippen LogP contribution in [-0.2, 0) is 6.42 Å². The summed E-state index contributed by atoms with van der Waals surface area (Å²) in [5.41, 5.74) is 2.12. The van der Waals surface area contributed by atoms with Crippen LogP contribution in [-0.4, -0.2) is 47.8 Å². The van der Waals surface area contributed by atoms with Gasteiger partial charge in [0.15, 0.2) is 0 Å². The number of ether oxygens (including phenoxy) is 1. The highest BCUT2D eigenvalue weighted by Gasteiger charge is 2.22. The summed E-state index contributed by atoms with van der Waals surface area (Å²) in [5, 5.41) is 11.9. The molecule has 1 saturated heterocycles. The van der Waals surface area contributed by atoms with Crippen LogP contribution in [0.3, 0.4) is 0 Å². The van der Waals surface area contributed by atoms with E-state index >= 15 is 0 Å². The fraction of sp³-hybridized carbons (Fsp3) is 0.640. The van der Waals surface area contributed by atoms with E-state index in [2.05, 4.69) is 16.8 Å². The minimum atomic E-state index is -0.294. The lowest BCUT2D eigenvalue weighted by molar-refractivity contribution is 0.107. The lowest BCUT2D eigenvalue weighted by atomic mass is 9.88. The van der Waals surface area contributed by atoms with Crippen molar-refractivity contribution in [3.8, 4) is 5.75 Å². The third-order valence-electron chi connectivity index (χ3n) is 6.39. The number of aliphatic hydroxyl groups excluding tert-OH is 1. The number of pyridine rings is 1. The fourth-order valence-corrected chi connectivity index (χ4v) is 4.59. The minimum absolute atomic E-state index is 0.294. The van der Waals surface area contributed by atoms with Crippen molar-refractivity contribution in [3.63, 3.8) is 0 Å². The molecule has 1 aliphatic rings. The van der Waals surface area contributed by atoms with Crippen molar-refractivity contribution in [2.75, 3.05) is 26.7 Å². The Morgan fingerprint density at radius 1 is 1.14 bits per heavy atom. The molecule has 0 radical (unpaired) electrons. The Bertz CT molecular complexity index is 741. The zero-order valence-electron chi connectivity index (χ0n) is 18.3. The first-order chi connectivity index (χ1) is 14.2. The number of nitrogens with zero attached hydrogens (tertiary/aromatic N) is 2. The van der Waals surface area contributed by atoms with Gasteiger partial charge in [0.05, 0.1) is 18.7 Å². The smallest absolute Gasteiger partial charge is 0.119 e. The van der Waals surface area contributed by atoms with Gasteiger partial charge in [0.2, 0.25) is 0 Å². The van der Waals surface area contributed by atoms with E-state index in [-0.39, 0.29) is 6.10 Å². The molecule has 1 fully saturated rings. The number of benzene rings is 1. The fourth-order valence-electron chi connectivity index (χ4n) is 4.59. The number of rotatable bonds is 11. The van der Waals surface area contributed by atoms with Crippen LogP contribution in [0.2, 0.25) is 0 Å². The van der Waals surface area contributed by atoms with Gasteiger partial charge >= 0.3 is 0 Å². The molecular formula is C25H38N2O2. The lowest BCUT2D eigenvalue weighted by Gasteiger charge is -2.33. The first-order valence-corrected chi connectivity index (χ1v) is 11.5. The molecule has 4 nitrogen and oxygen atoms in total. The maximum atomic E-state index is 10.8. The van der Waals surface area contributed by atoms with E-state index in [4.69, 9.17) is 4.74 Å².